The monoisotopic (exact) mass is 499 g/mol. The maximum Gasteiger partial charge on any atom is 0.225 e. The lowest BCUT2D eigenvalue weighted by Crippen LogP contribution is -2.45. The fraction of sp³-hybridized carbons (Fsp3) is 0.414. The zero-order chi connectivity index (χ0) is 24.5. The standard InChI is InChI=1S/C29H33N5OS/c1-21-5-6-27-26(18-21)31-28(25-4-2-3-12-30-25)34(27)24-9-15-33(16-10-24)29(35)23-7-13-32(14-8-23)19-22-11-17-36-20-22/h2-6,11-12,17-18,20,23-24H,7-10,13-16,19H2,1H3. The van der Waals surface area contributed by atoms with Gasteiger partial charge in [0.25, 0.3) is 0 Å². The van der Waals surface area contributed by atoms with E-state index in [2.05, 4.69) is 61.3 Å². The van der Waals surface area contributed by atoms with Crippen LogP contribution in [0.5, 0.6) is 0 Å². The molecule has 0 N–H and O–H groups in total. The van der Waals surface area contributed by atoms with E-state index in [0.29, 0.717) is 11.9 Å². The van der Waals surface area contributed by atoms with Crippen molar-refractivity contribution in [2.75, 3.05) is 26.2 Å². The molecule has 6 rings (SSSR count). The van der Waals surface area contributed by atoms with Crippen LogP contribution in [0.2, 0.25) is 0 Å². The number of rotatable bonds is 5. The predicted octanol–water partition coefficient (Wildman–Crippen LogP) is 5.54. The number of aromatic nitrogens is 3. The number of thiophene rings is 1. The number of benzene rings is 1. The first kappa shape index (κ1) is 23.4. The number of hydrogen-bond donors (Lipinski definition) is 0. The Balaban J connectivity index is 1.13. The van der Waals surface area contributed by atoms with Gasteiger partial charge in [-0.3, -0.25) is 14.7 Å². The fourth-order valence-electron chi connectivity index (χ4n) is 5.84. The highest BCUT2D eigenvalue weighted by molar-refractivity contribution is 7.07. The molecule has 6 nitrogen and oxygen atoms in total. The van der Waals surface area contributed by atoms with Crippen LogP contribution in [-0.2, 0) is 11.3 Å². The van der Waals surface area contributed by atoms with E-state index >= 15 is 0 Å². The lowest BCUT2D eigenvalue weighted by molar-refractivity contribution is -0.138. The molecular weight excluding hydrogens is 466 g/mol. The van der Waals surface area contributed by atoms with Crippen LogP contribution in [0.3, 0.4) is 0 Å². The third-order valence-electron chi connectivity index (χ3n) is 7.80. The molecule has 1 amide bonds. The molecule has 1 aromatic carbocycles. The second kappa shape index (κ2) is 10.1. The first-order valence-electron chi connectivity index (χ1n) is 13.1. The van der Waals surface area contributed by atoms with Crippen LogP contribution in [-0.4, -0.2) is 56.4 Å². The van der Waals surface area contributed by atoms with Gasteiger partial charge in [0.2, 0.25) is 5.91 Å². The smallest absolute Gasteiger partial charge is 0.225 e. The highest BCUT2D eigenvalue weighted by atomic mass is 32.1. The van der Waals surface area contributed by atoms with Crippen molar-refractivity contribution in [3.63, 3.8) is 0 Å². The number of nitrogens with zero attached hydrogens (tertiary/aromatic N) is 5. The van der Waals surface area contributed by atoms with Crippen molar-refractivity contribution in [1.82, 2.24) is 24.3 Å². The molecule has 7 heteroatoms. The molecule has 0 saturated carbocycles. The summed E-state index contributed by atoms with van der Waals surface area (Å²) in [6, 6.07) is 15.0. The van der Waals surface area contributed by atoms with E-state index in [-0.39, 0.29) is 5.92 Å². The van der Waals surface area contributed by atoms with Crippen molar-refractivity contribution in [2.45, 2.75) is 45.2 Å². The number of likely N-dealkylation sites (tertiary alicyclic amines) is 2. The normalized spacial score (nSPS) is 18.2. The number of aryl methyl sites for hydroxylation is 1. The first-order valence-corrected chi connectivity index (χ1v) is 14.0. The minimum Gasteiger partial charge on any atom is -0.342 e. The average Bonchev–Trinajstić information content (AvgIpc) is 3.57. The summed E-state index contributed by atoms with van der Waals surface area (Å²) < 4.78 is 2.38. The highest BCUT2D eigenvalue weighted by Crippen LogP contribution is 2.34. The van der Waals surface area contributed by atoms with Crippen molar-refractivity contribution in [3.05, 3.63) is 70.5 Å². The number of hydrogen-bond acceptors (Lipinski definition) is 5. The lowest BCUT2D eigenvalue weighted by Gasteiger charge is -2.38. The molecule has 186 valence electrons. The van der Waals surface area contributed by atoms with Crippen molar-refractivity contribution >= 4 is 28.3 Å². The van der Waals surface area contributed by atoms with Crippen molar-refractivity contribution in [3.8, 4) is 11.5 Å². The Kier molecular flexibility index (Phi) is 6.59. The largest absolute Gasteiger partial charge is 0.342 e. The minimum atomic E-state index is 0.168. The Labute approximate surface area is 216 Å². The predicted molar refractivity (Wildman–Crippen MR) is 145 cm³/mol. The van der Waals surface area contributed by atoms with Gasteiger partial charge in [-0.1, -0.05) is 12.1 Å². The molecular formula is C29H33N5OS. The van der Waals surface area contributed by atoms with E-state index in [4.69, 9.17) is 4.98 Å². The molecule has 3 aromatic heterocycles. The first-order chi connectivity index (χ1) is 17.7. The number of carbonyl (C=O) groups is 1. The molecule has 36 heavy (non-hydrogen) atoms. The molecule has 2 aliphatic heterocycles. The van der Waals surface area contributed by atoms with E-state index in [9.17, 15) is 4.79 Å². The molecule has 2 fully saturated rings. The lowest BCUT2D eigenvalue weighted by atomic mass is 9.93. The average molecular weight is 500 g/mol. The number of pyridine rings is 1. The fourth-order valence-corrected chi connectivity index (χ4v) is 6.50. The highest BCUT2D eigenvalue weighted by Gasteiger charge is 2.32. The summed E-state index contributed by atoms with van der Waals surface area (Å²) in [5, 5.41) is 4.37. The van der Waals surface area contributed by atoms with Crippen LogP contribution in [0, 0.1) is 12.8 Å². The van der Waals surface area contributed by atoms with E-state index in [0.717, 1.165) is 81.0 Å². The van der Waals surface area contributed by atoms with Gasteiger partial charge >= 0.3 is 0 Å². The zero-order valence-corrected chi connectivity index (χ0v) is 21.7. The number of fused-ring (bicyclic) bond motifs is 1. The Morgan fingerprint density at radius 3 is 2.58 bits per heavy atom. The number of amides is 1. The Bertz CT molecular complexity index is 1320. The third-order valence-corrected chi connectivity index (χ3v) is 8.54. The van der Waals surface area contributed by atoms with E-state index < -0.39 is 0 Å². The van der Waals surface area contributed by atoms with Gasteiger partial charge in [0, 0.05) is 37.8 Å². The quantitative estimate of drug-likeness (QED) is 0.362. The van der Waals surface area contributed by atoms with Crippen LogP contribution in [0.25, 0.3) is 22.6 Å². The zero-order valence-electron chi connectivity index (χ0n) is 20.8. The van der Waals surface area contributed by atoms with Crippen molar-refractivity contribution < 1.29 is 4.79 Å². The van der Waals surface area contributed by atoms with Gasteiger partial charge in [-0.2, -0.15) is 11.3 Å². The maximum atomic E-state index is 13.4. The summed E-state index contributed by atoms with van der Waals surface area (Å²) in [7, 11) is 0. The van der Waals surface area contributed by atoms with Gasteiger partial charge in [0.1, 0.15) is 5.69 Å². The van der Waals surface area contributed by atoms with E-state index in [1.165, 1.54) is 11.1 Å². The molecule has 0 aliphatic carbocycles. The van der Waals surface area contributed by atoms with Crippen LogP contribution in [0.15, 0.2) is 59.4 Å². The number of carbonyl (C=O) groups excluding carboxylic acids is 1. The molecule has 2 saturated heterocycles. The summed E-state index contributed by atoms with van der Waals surface area (Å²) >= 11 is 1.76. The second-order valence-electron chi connectivity index (χ2n) is 10.3. The van der Waals surface area contributed by atoms with Gasteiger partial charge in [-0.15, -0.1) is 0 Å². The van der Waals surface area contributed by atoms with Crippen LogP contribution >= 0.6 is 11.3 Å². The Hall–Kier alpha value is -3.03. The van der Waals surface area contributed by atoms with Crippen LogP contribution in [0.1, 0.15) is 42.9 Å². The van der Waals surface area contributed by atoms with Gasteiger partial charge < -0.3 is 9.47 Å². The molecule has 0 radical (unpaired) electrons. The molecule has 0 atom stereocenters. The van der Waals surface area contributed by atoms with E-state index in [1.807, 2.05) is 24.4 Å². The molecule has 0 bridgehead atoms. The van der Waals surface area contributed by atoms with Crippen molar-refractivity contribution in [1.29, 1.82) is 0 Å². The topological polar surface area (TPSA) is 54.3 Å². The number of piperidine rings is 2. The molecule has 4 aromatic rings. The van der Waals surface area contributed by atoms with Gasteiger partial charge in [-0.05, 0) is 97.9 Å². The van der Waals surface area contributed by atoms with Crippen molar-refractivity contribution in [2.24, 2.45) is 5.92 Å². The van der Waals surface area contributed by atoms with Gasteiger partial charge in [0.05, 0.1) is 11.0 Å². The third kappa shape index (κ3) is 4.70. The van der Waals surface area contributed by atoms with E-state index in [1.54, 1.807) is 11.3 Å². The summed E-state index contributed by atoms with van der Waals surface area (Å²) in [5.74, 6) is 1.46. The molecule has 0 spiro atoms. The Morgan fingerprint density at radius 2 is 1.86 bits per heavy atom. The summed E-state index contributed by atoms with van der Waals surface area (Å²) in [5.41, 5.74) is 5.67. The summed E-state index contributed by atoms with van der Waals surface area (Å²) in [6.45, 7) is 6.76. The van der Waals surface area contributed by atoms with Gasteiger partial charge in [-0.25, -0.2) is 4.98 Å². The minimum absolute atomic E-state index is 0.168. The molecule has 5 heterocycles. The summed E-state index contributed by atoms with van der Waals surface area (Å²) in [6.07, 6.45) is 5.66. The molecule has 2 aliphatic rings. The maximum absolute atomic E-state index is 13.4. The van der Waals surface area contributed by atoms with Crippen LogP contribution < -0.4 is 0 Å². The molecule has 0 unspecified atom stereocenters. The second-order valence-corrected chi connectivity index (χ2v) is 11.0. The summed E-state index contributed by atoms with van der Waals surface area (Å²) in [4.78, 5) is 27.6. The number of imidazole rings is 1. The SMILES string of the molecule is Cc1ccc2c(c1)nc(-c1ccccn1)n2C1CCN(C(=O)C2CCN(Cc3ccsc3)CC2)CC1. The Morgan fingerprint density at radius 1 is 1.03 bits per heavy atom. The van der Waals surface area contributed by atoms with Crippen LogP contribution in [0.4, 0.5) is 0 Å². The van der Waals surface area contributed by atoms with Gasteiger partial charge in [0.15, 0.2) is 5.82 Å².